The highest BCUT2D eigenvalue weighted by atomic mass is 16.5. The first-order valence-corrected chi connectivity index (χ1v) is 10.1. The molecule has 1 saturated heterocycles. The van der Waals surface area contributed by atoms with E-state index >= 15 is 0 Å². The average Bonchev–Trinajstić information content (AvgIpc) is 3.13. The molecule has 4 nitrogen and oxygen atoms in total. The van der Waals surface area contributed by atoms with Crippen LogP contribution in [0.5, 0.6) is 5.75 Å². The predicted octanol–water partition coefficient (Wildman–Crippen LogP) is 5.17. The Kier molecular flexibility index (Phi) is 5.44. The van der Waals surface area contributed by atoms with E-state index in [1.807, 2.05) is 30.3 Å². The third-order valence-electron chi connectivity index (χ3n) is 5.49. The van der Waals surface area contributed by atoms with Gasteiger partial charge in [-0.15, -0.1) is 0 Å². The van der Waals surface area contributed by atoms with Crippen LogP contribution in [0.2, 0.25) is 0 Å². The molecule has 1 fully saturated rings. The molecule has 2 heterocycles. The molecule has 3 aromatic rings. The summed E-state index contributed by atoms with van der Waals surface area (Å²) in [6.45, 7) is 8.56. The van der Waals surface area contributed by atoms with Gasteiger partial charge in [0.05, 0.1) is 0 Å². The van der Waals surface area contributed by atoms with Crippen molar-refractivity contribution in [2.24, 2.45) is 5.92 Å². The highest BCUT2D eigenvalue weighted by Gasteiger charge is 2.15. The smallest absolute Gasteiger partial charge is 0.227 e. The molecule has 1 aromatic heterocycles. The number of aromatic nitrogens is 1. The zero-order valence-corrected chi connectivity index (χ0v) is 16.3. The summed E-state index contributed by atoms with van der Waals surface area (Å²) >= 11 is 0. The number of hydrogen-bond donors (Lipinski definition) is 0. The maximum atomic E-state index is 6.00. The van der Waals surface area contributed by atoms with Crippen LogP contribution in [0.15, 0.2) is 46.9 Å². The van der Waals surface area contributed by atoms with Gasteiger partial charge in [0, 0.05) is 12.1 Å². The molecule has 0 aliphatic carbocycles. The molecule has 0 atom stereocenters. The Balaban J connectivity index is 1.41. The van der Waals surface area contributed by atoms with E-state index in [0.717, 1.165) is 41.3 Å². The Morgan fingerprint density at radius 3 is 2.81 bits per heavy atom. The van der Waals surface area contributed by atoms with Gasteiger partial charge in [-0.05, 0) is 74.2 Å². The third kappa shape index (κ3) is 4.33. The lowest BCUT2D eigenvalue weighted by molar-refractivity contribution is 0.160. The number of likely N-dealkylation sites (tertiary alicyclic amines) is 1. The summed E-state index contributed by atoms with van der Waals surface area (Å²) in [5.41, 5.74) is 3.96. The molecule has 4 heteroatoms. The summed E-state index contributed by atoms with van der Waals surface area (Å²) in [5.74, 6) is 2.38. The summed E-state index contributed by atoms with van der Waals surface area (Å²) < 4.78 is 11.9. The molecule has 0 saturated carbocycles. The second-order valence-corrected chi connectivity index (χ2v) is 7.58. The van der Waals surface area contributed by atoms with E-state index in [4.69, 9.17) is 9.15 Å². The van der Waals surface area contributed by atoms with E-state index in [1.165, 1.54) is 31.5 Å². The third-order valence-corrected chi connectivity index (χ3v) is 5.49. The van der Waals surface area contributed by atoms with E-state index in [2.05, 4.69) is 35.9 Å². The number of aryl methyl sites for hydroxylation is 1. The summed E-state index contributed by atoms with van der Waals surface area (Å²) in [7, 11) is 0. The molecule has 0 unspecified atom stereocenters. The monoisotopic (exact) mass is 364 g/mol. The fourth-order valence-corrected chi connectivity index (χ4v) is 3.61. The molecule has 2 aromatic carbocycles. The minimum Gasteiger partial charge on any atom is -0.492 e. The van der Waals surface area contributed by atoms with Crippen LogP contribution in [0.25, 0.3) is 22.6 Å². The molecule has 1 aliphatic rings. The van der Waals surface area contributed by atoms with Crippen LogP contribution in [-0.4, -0.2) is 36.1 Å². The quantitative estimate of drug-likeness (QED) is 0.605. The van der Waals surface area contributed by atoms with Gasteiger partial charge >= 0.3 is 0 Å². The Morgan fingerprint density at radius 2 is 2.00 bits per heavy atom. The van der Waals surface area contributed by atoms with Crippen LogP contribution >= 0.6 is 0 Å². The maximum absolute atomic E-state index is 6.00. The maximum Gasteiger partial charge on any atom is 0.227 e. The Bertz CT molecular complexity index is 894. The fraction of sp³-hybridized carbons (Fsp3) is 0.435. The van der Waals surface area contributed by atoms with Crippen molar-refractivity contribution < 1.29 is 9.15 Å². The molecule has 4 rings (SSSR count). The molecule has 0 N–H and O–H groups in total. The number of benzene rings is 2. The summed E-state index contributed by atoms with van der Waals surface area (Å²) in [4.78, 5) is 7.16. The van der Waals surface area contributed by atoms with Crippen molar-refractivity contribution in [3.8, 4) is 17.2 Å². The highest BCUT2D eigenvalue weighted by molar-refractivity contribution is 5.77. The lowest BCUT2D eigenvalue weighted by Crippen LogP contribution is -2.35. The van der Waals surface area contributed by atoms with Crippen LogP contribution in [-0.2, 0) is 6.42 Å². The van der Waals surface area contributed by atoms with Gasteiger partial charge in [-0.3, -0.25) is 4.90 Å². The van der Waals surface area contributed by atoms with Crippen molar-refractivity contribution in [2.45, 2.75) is 33.1 Å². The molecule has 0 bridgehead atoms. The second kappa shape index (κ2) is 8.13. The predicted molar refractivity (Wildman–Crippen MR) is 109 cm³/mol. The van der Waals surface area contributed by atoms with Gasteiger partial charge in [-0.2, -0.15) is 0 Å². The second-order valence-electron chi connectivity index (χ2n) is 7.58. The number of piperidine rings is 1. The van der Waals surface area contributed by atoms with Crippen molar-refractivity contribution in [3.63, 3.8) is 0 Å². The molecule has 0 radical (unpaired) electrons. The van der Waals surface area contributed by atoms with Gasteiger partial charge in [-0.25, -0.2) is 4.98 Å². The van der Waals surface area contributed by atoms with Gasteiger partial charge in [0.15, 0.2) is 5.58 Å². The summed E-state index contributed by atoms with van der Waals surface area (Å²) in [6, 6.07) is 14.2. The number of oxazole rings is 1. The fourth-order valence-electron chi connectivity index (χ4n) is 3.61. The van der Waals surface area contributed by atoms with Crippen LogP contribution < -0.4 is 4.74 Å². The van der Waals surface area contributed by atoms with Crippen molar-refractivity contribution in [3.05, 3.63) is 48.0 Å². The summed E-state index contributed by atoms with van der Waals surface area (Å²) in [6.07, 6.45) is 3.59. The van der Waals surface area contributed by atoms with E-state index < -0.39 is 0 Å². The van der Waals surface area contributed by atoms with Gasteiger partial charge in [-0.1, -0.05) is 26.0 Å². The lowest BCUT2D eigenvalue weighted by Gasteiger charge is -2.29. The number of ether oxygens (including phenoxy) is 1. The summed E-state index contributed by atoms with van der Waals surface area (Å²) in [5, 5.41) is 0. The van der Waals surface area contributed by atoms with E-state index in [1.54, 1.807) is 0 Å². The molecule has 1 aliphatic heterocycles. The molecule has 0 spiro atoms. The topological polar surface area (TPSA) is 38.5 Å². The SMILES string of the molecule is CCc1ccc2oc(-c3cccc(OCCN4CCC(C)CC4)c3)nc2c1. The Hall–Kier alpha value is -2.33. The molecule has 142 valence electrons. The largest absolute Gasteiger partial charge is 0.492 e. The number of rotatable bonds is 6. The first-order valence-electron chi connectivity index (χ1n) is 10.1. The normalized spacial score (nSPS) is 16.1. The Labute approximate surface area is 161 Å². The van der Waals surface area contributed by atoms with E-state index in [9.17, 15) is 0 Å². The van der Waals surface area contributed by atoms with Crippen molar-refractivity contribution in [1.29, 1.82) is 0 Å². The minimum atomic E-state index is 0.647. The van der Waals surface area contributed by atoms with Gasteiger partial charge in [0.25, 0.3) is 0 Å². The number of nitrogens with zero attached hydrogens (tertiary/aromatic N) is 2. The first-order chi connectivity index (χ1) is 13.2. The van der Waals surface area contributed by atoms with E-state index in [-0.39, 0.29) is 0 Å². The highest BCUT2D eigenvalue weighted by Crippen LogP contribution is 2.27. The van der Waals surface area contributed by atoms with Gasteiger partial charge in [0.1, 0.15) is 17.9 Å². The molecular formula is C23H28N2O2. The van der Waals surface area contributed by atoms with Crippen LogP contribution in [0.3, 0.4) is 0 Å². The average molecular weight is 364 g/mol. The standard InChI is InChI=1S/C23H28N2O2/c1-3-18-7-8-22-21(15-18)24-23(27-22)19-5-4-6-20(16-19)26-14-13-25-11-9-17(2)10-12-25/h4-8,15-17H,3,9-14H2,1-2H3. The van der Waals surface area contributed by atoms with E-state index in [0.29, 0.717) is 12.5 Å². The lowest BCUT2D eigenvalue weighted by atomic mass is 9.99. The van der Waals surface area contributed by atoms with Crippen LogP contribution in [0.1, 0.15) is 32.3 Å². The Morgan fingerprint density at radius 1 is 1.15 bits per heavy atom. The first kappa shape index (κ1) is 18.1. The molecular weight excluding hydrogens is 336 g/mol. The number of fused-ring (bicyclic) bond motifs is 1. The molecule has 27 heavy (non-hydrogen) atoms. The molecule has 0 amide bonds. The van der Waals surface area contributed by atoms with Crippen LogP contribution in [0.4, 0.5) is 0 Å². The minimum absolute atomic E-state index is 0.647. The van der Waals surface area contributed by atoms with Crippen molar-refractivity contribution in [1.82, 2.24) is 9.88 Å². The van der Waals surface area contributed by atoms with Crippen LogP contribution in [0, 0.1) is 5.92 Å². The zero-order valence-electron chi connectivity index (χ0n) is 16.3. The van der Waals surface area contributed by atoms with Crippen molar-refractivity contribution >= 4 is 11.1 Å². The number of hydrogen-bond acceptors (Lipinski definition) is 4. The van der Waals surface area contributed by atoms with Gasteiger partial charge in [0.2, 0.25) is 5.89 Å². The zero-order chi connectivity index (χ0) is 18.6. The van der Waals surface area contributed by atoms with Gasteiger partial charge < -0.3 is 9.15 Å². The van der Waals surface area contributed by atoms with Crippen molar-refractivity contribution in [2.75, 3.05) is 26.2 Å².